The maximum Gasteiger partial charge on any atom is 0.100 e. The van der Waals surface area contributed by atoms with Crippen molar-refractivity contribution in [2.24, 2.45) is 0 Å². The fourth-order valence-corrected chi connectivity index (χ4v) is 1.61. The van der Waals surface area contributed by atoms with E-state index in [0.29, 0.717) is 0 Å². The van der Waals surface area contributed by atoms with Gasteiger partial charge < -0.3 is 28.5 Å². The van der Waals surface area contributed by atoms with Crippen LogP contribution in [0.1, 0.15) is 12.8 Å². The molecular weight excluding hydrogens is 365 g/mol. The topological polar surface area (TPSA) is 0 Å². The molecule has 2 aliphatic carbocycles. The first kappa shape index (κ1) is 19.5. The van der Waals surface area contributed by atoms with Crippen molar-refractivity contribution >= 4 is 0 Å². The standard InChI is InChI=1S/C9H16N.C5H6.Fe.HI/c1-10(2,3)8-9-6-4-5-7-9;1-2-4-5-3-1;;/h4-6H,7-8H2,1-3H3;1-4H,5H2;;1H/q+1;;;/p-1. The molecule has 0 aromatic heterocycles. The van der Waals surface area contributed by atoms with Gasteiger partial charge in [-0.2, -0.15) is 0 Å². The molecule has 0 spiro atoms. The molecule has 0 amide bonds. The van der Waals surface area contributed by atoms with E-state index in [1.54, 1.807) is 5.57 Å². The molecule has 0 heterocycles. The number of hydrogen-bond donors (Lipinski definition) is 0. The molecule has 3 heteroatoms. The van der Waals surface area contributed by atoms with Crippen LogP contribution in [-0.4, -0.2) is 32.2 Å². The fourth-order valence-electron chi connectivity index (χ4n) is 1.61. The number of nitrogens with zero attached hydrogens (tertiary/aromatic N) is 1. The van der Waals surface area contributed by atoms with E-state index < -0.39 is 0 Å². The van der Waals surface area contributed by atoms with Crippen molar-refractivity contribution in [3.05, 3.63) is 48.1 Å². The van der Waals surface area contributed by atoms with Crippen LogP contribution in [0.5, 0.6) is 0 Å². The first-order chi connectivity index (χ1) is 7.08. The van der Waals surface area contributed by atoms with E-state index in [2.05, 4.69) is 63.7 Å². The van der Waals surface area contributed by atoms with Crippen molar-refractivity contribution in [3.8, 4) is 0 Å². The zero-order chi connectivity index (χ0) is 11.1. The van der Waals surface area contributed by atoms with E-state index in [1.807, 2.05) is 0 Å². The van der Waals surface area contributed by atoms with Gasteiger partial charge >= 0.3 is 0 Å². The summed E-state index contributed by atoms with van der Waals surface area (Å²) in [6.07, 6.45) is 17.2. The third kappa shape index (κ3) is 11.0. The molecule has 0 unspecified atom stereocenters. The van der Waals surface area contributed by atoms with Crippen molar-refractivity contribution in [1.29, 1.82) is 0 Å². The van der Waals surface area contributed by atoms with Crippen molar-refractivity contribution in [1.82, 2.24) is 0 Å². The number of likely N-dealkylation sites (N-methyl/N-ethyl adjacent to an activating group) is 1. The second-order valence-corrected chi connectivity index (χ2v) is 5.00. The van der Waals surface area contributed by atoms with E-state index in [1.165, 1.54) is 6.54 Å². The van der Waals surface area contributed by atoms with Crippen LogP contribution >= 0.6 is 0 Å². The monoisotopic (exact) mass is 387 g/mol. The third-order valence-corrected chi connectivity index (χ3v) is 2.18. The number of hydrogen-bond acceptors (Lipinski definition) is 0. The summed E-state index contributed by atoms with van der Waals surface area (Å²) in [6.45, 7) is 1.17. The predicted octanol–water partition coefficient (Wildman–Crippen LogP) is 0.0829. The fraction of sp³-hybridized carbons (Fsp3) is 0.429. The van der Waals surface area contributed by atoms with Gasteiger partial charge in [-0.15, -0.1) is 0 Å². The summed E-state index contributed by atoms with van der Waals surface area (Å²) >= 11 is 0. The van der Waals surface area contributed by atoms with Crippen molar-refractivity contribution in [2.75, 3.05) is 27.7 Å². The van der Waals surface area contributed by atoms with Crippen LogP contribution in [0.2, 0.25) is 0 Å². The molecule has 98 valence electrons. The summed E-state index contributed by atoms with van der Waals surface area (Å²) in [4.78, 5) is 0. The largest absolute Gasteiger partial charge is 1.00 e. The molecule has 0 radical (unpaired) electrons. The molecular formula is C14H22FeIN. The number of halogens is 1. The van der Waals surface area contributed by atoms with Gasteiger partial charge in [0.05, 0.1) is 21.1 Å². The molecule has 2 aliphatic rings. The average molecular weight is 387 g/mol. The molecule has 0 aromatic rings. The Hall–Kier alpha value is 0.169. The molecule has 17 heavy (non-hydrogen) atoms. The first-order valence-corrected chi connectivity index (χ1v) is 5.55. The average Bonchev–Trinajstić information content (AvgIpc) is 2.71. The summed E-state index contributed by atoms with van der Waals surface area (Å²) in [5.41, 5.74) is 1.55. The zero-order valence-electron chi connectivity index (χ0n) is 10.8. The molecule has 2 rings (SSSR count). The molecule has 0 fully saturated rings. The van der Waals surface area contributed by atoms with Crippen LogP contribution in [0.4, 0.5) is 0 Å². The van der Waals surface area contributed by atoms with Gasteiger partial charge in [-0.05, 0) is 18.4 Å². The number of rotatable bonds is 2. The van der Waals surface area contributed by atoms with Gasteiger partial charge in [0.25, 0.3) is 0 Å². The Kier molecular flexibility index (Phi) is 11.6. The van der Waals surface area contributed by atoms with E-state index in [9.17, 15) is 0 Å². The van der Waals surface area contributed by atoms with Crippen molar-refractivity contribution < 1.29 is 45.5 Å². The molecule has 0 N–H and O–H groups in total. The van der Waals surface area contributed by atoms with E-state index >= 15 is 0 Å². The number of allylic oxidation sites excluding steroid dienone is 7. The van der Waals surface area contributed by atoms with E-state index in [-0.39, 0.29) is 41.0 Å². The Morgan fingerprint density at radius 2 is 1.59 bits per heavy atom. The maximum absolute atomic E-state index is 2.23. The first-order valence-electron chi connectivity index (χ1n) is 5.55. The second-order valence-electron chi connectivity index (χ2n) is 5.00. The summed E-state index contributed by atoms with van der Waals surface area (Å²) in [6, 6.07) is 0. The molecule has 0 aromatic carbocycles. The van der Waals surface area contributed by atoms with Gasteiger partial charge in [-0.1, -0.05) is 42.5 Å². The van der Waals surface area contributed by atoms with Crippen molar-refractivity contribution in [2.45, 2.75) is 12.8 Å². The molecule has 0 atom stereocenters. The second kappa shape index (κ2) is 10.1. The van der Waals surface area contributed by atoms with Gasteiger partial charge in [-0.3, -0.25) is 0 Å². The van der Waals surface area contributed by atoms with Gasteiger partial charge in [0, 0.05) is 17.1 Å². The van der Waals surface area contributed by atoms with Crippen LogP contribution in [-0.2, 0) is 17.1 Å². The zero-order valence-corrected chi connectivity index (χ0v) is 14.1. The Morgan fingerprint density at radius 3 is 1.88 bits per heavy atom. The molecule has 0 bridgehead atoms. The Bertz CT molecular complexity index is 299. The van der Waals surface area contributed by atoms with Gasteiger partial charge in [0.15, 0.2) is 0 Å². The van der Waals surface area contributed by atoms with Gasteiger partial charge in [0.2, 0.25) is 0 Å². The van der Waals surface area contributed by atoms with Crippen LogP contribution in [0.15, 0.2) is 48.1 Å². The van der Waals surface area contributed by atoms with E-state index in [4.69, 9.17) is 0 Å². The minimum atomic E-state index is 0. The van der Waals surface area contributed by atoms with Crippen LogP contribution in [0.3, 0.4) is 0 Å². The van der Waals surface area contributed by atoms with Crippen molar-refractivity contribution in [3.63, 3.8) is 0 Å². The minimum Gasteiger partial charge on any atom is -1.00 e. The SMILES string of the molecule is C1=CCC=C1.C[N+](C)(C)CC1=CC=CC1.[Fe].[I-]. The predicted molar refractivity (Wildman–Crippen MR) is 67.6 cm³/mol. The molecule has 0 saturated carbocycles. The van der Waals surface area contributed by atoms with Gasteiger partial charge in [0.1, 0.15) is 6.54 Å². The molecule has 1 nitrogen and oxygen atoms in total. The third-order valence-electron chi connectivity index (χ3n) is 2.18. The quantitative estimate of drug-likeness (QED) is 0.358. The summed E-state index contributed by atoms with van der Waals surface area (Å²) in [5.74, 6) is 0. The summed E-state index contributed by atoms with van der Waals surface area (Å²) < 4.78 is 1.04. The van der Waals surface area contributed by atoms with Crippen LogP contribution in [0, 0.1) is 0 Å². The van der Waals surface area contributed by atoms with E-state index in [0.717, 1.165) is 17.3 Å². The minimum absolute atomic E-state index is 0. The van der Waals surface area contributed by atoms with Crippen LogP contribution in [0.25, 0.3) is 0 Å². The summed E-state index contributed by atoms with van der Waals surface area (Å²) in [5, 5.41) is 0. The Morgan fingerprint density at radius 1 is 1.00 bits per heavy atom. The molecule has 0 saturated heterocycles. The number of quaternary nitrogens is 1. The Labute approximate surface area is 133 Å². The maximum atomic E-state index is 2.23. The van der Waals surface area contributed by atoms with Crippen LogP contribution < -0.4 is 24.0 Å². The summed E-state index contributed by atoms with van der Waals surface area (Å²) in [7, 11) is 6.66. The smallest absolute Gasteiger partial charge is 0.100 e. The molecule has 0 aliphatic heterocycles. The Balaban J connectivity index is 0. The van der Waals surface area contributed by atoms with Gasteiger partial charge in [-0.25, -0.2) is 0 Å². The normalized spacial score (nSPS) is 15.6.